The van der Waals surface area contributed by atoms with Gasteiger partial charge in [-0.2, -0.15) is 0 Å². The van der Waals surface area contributed by atoms with Gasteiger partial charge in [0.2, 0.25) is 0 Å². The summed E-state index contributed by atoms with van der Waals surface area (Å²) in [5, 5.41) is 28.9. The Hall–Kier alpha value is -1.34. The molecule has 0 aromatic rings. The van der Waals surface area contributed by atoms with Gasteiger partial charge >= 0.3 is 12.0 Å². The van der Waals surface area contributed by atoms with Crippen LogP contribution in [0.3, 0.4) is 0 Å². The summed E-state index contributed by atoms with van der Waals surface area (Å²) in [4.78, 5) is 24.2. The van der Waals surface area contributed by atoms with Gasteiger partial charge in [-0.1, -0.05) is 0 Å². The Bertz CT molecular complexity index is 289. The van der Waals surface area contributed by atoms with Gasteiger partial charge in [-0.25, -0.2) is 9.59 Å². The molecule has 0 saturated carbocycles. The molecule has 2 amide bonds. The van der Waals surface area contributed by atoms with Gasteiger partial charge in [-0.05, 0) is 18.8 Å². The number of carboxylic acid groups (broad SMARTS) is 1. The van der Waals surface area contributed by atoms with Crippen molar-refractivity contribution in [3.8, 4) is 0 Å². The Morgan fingerprint density at radius 3 is 2.33 bits per heavy atom. The zero-order chi connectivity index (χ0) is 13.5. The highest BCUT2D eigenvalue weighted by Crippen LogP contribution is 2.16. The van der Waals surface area contributed by atoms with Crippen LogP contribution < -0.4 is 5.32 Å². The van der Waals surface area contributed by atoms with E-state index in [0.717, 1.165) is 12.8 Å². The van der Waals surface area contributed by atoms with Crippen LogP contribution in [0.4, 0.5) is 4.79 Å². The third-order valence-electron chi connectivity index (χ3n) is 3.17. The van der Waals surface area contributed by atoms with Crippen molar-refractivity contribution in [2.45, 2.75) is 25.3 Å². The maximum absolute atomic E-state index is 11.8. The number of carbonyl (C=O) groups excluding carboxylic acids is 1. The van der Waals surface area contributed by atoms with Gasteiger partial charge in [0.05, 0.1) is 0 Å². The van der Waals surface area contributed by atoms with Crippen LogP contribution in [0.1, 0.15) is 19.3 Å². The second-order valence-electron chi connectivity index (χ2n) is 4.47. The monoisotopic (exact) mass is 260 g/mol. The number of nitrogens with one attached hydrogen (secondary N) is 1. The first-order valence-corrected chi connectivity index (χ1v) is 6.08. The van der Waals surface area contributed by atoms with Gasteiger partial charge in [0.1, 0.15) is 6.04 Å². The van der Waals surface area contributed by atoms with Crippen LogP contribution in [0.5, 0.6) is 0 Å². The zero-order valence-electron chi connectivity index (χ0n) is 10.2. The van der Waals surface area contributed by atoms with E-state index in [9.17, 15) is 9.59 Å². The van der Waals surface area contributed by atoms with Gasteiger partial charge in [0.25, 0.3) is 0 Å². The van der Waals surface area contributed by atoms with E-state index in [4.69, 9.17) is 15.3 Å². The van der Waals surface area contributed by atoms with E-state index < -0.39 is 18.0 Å². The molecule has 104 valence electrons. The third-order valence-corrected chi connectivity index (χ3v) is 3.17. The topological polar surface area (TPSA) is 110 Å². The van der Waals surface area contributed by atoms with E-state index in [1.807, 2.05) is 0 Å². The summed E-state index contributed by atoms with van der Waals surface area (Å²) in [6, 6.07) is -1.48. The van der Waals surface area contributed by atoms with Crippen molar-refractivity contribution >= 4 is 12.0 Å². The van der Waals surface area contributed by atoms with Crippen molar-refractivity contribution in [2.24, 2.45) is 5.92 Å². The highest BCUT2D eigenvalue weighted by molar-refractivity contribution is 5.82. The summed E-state index contributed by atoms with van der Waals surface area (Å²) in [6.45, 7) is 0.868. The Labute approximate surface area is 105 Å². The van der Waals surface area contributed by atoms with Crippen LogP contribution in [0.25, 0.3) is 0 Å². The lowest BCUT2D eigenvalue weighted by Crippen LogP contribution is -2.50. The quantitative estimate of drug-likeness (QED) is 0.519. The Kier molecular flexibility index (Phi) is 5.87. The van der Waals surface area contributed by atoms with E-state index >= 15 is 0 Å². The van der Waals surface area contributed by atoms with Crippen LogP contribution >= 0.6 is 0 Å². The second kappa shape index (κ2) is 7.17. The number of nitrogens with zero attached hydrogens (tertiary/aromatic N) is 1. The van der Waals surface area contributed by atoms with E-state index in [-0.39, 0.29) is 25.6 Å². The first-order chi connectivity index (χ1) is 8.58. The summed E-state index contributed by atoms with van der Waals surface area (Å²) in [7, 11) is 0. The highest BCUT2D eigenvalue weighted by Gasteiger charge is 2.26. The molecule has 0 radical (unpaired) electrons. The molecule has 1 saturated heterocycles. The molecule has 1 aliphatic heterocycles. The number of aliphatic hydroxyl groups excluding tert-OH is 2. The first kappa shape index (κ1) is 14.7. The summed E-state index contributed by atoms with van der Waals surface area (Å²) in [5.41, 5.74) is 0. The van der Waals surface area contributed by atoms with E-state index in [2.05, 4.69) is 5.32 Å². The van der Waals surface area contributed by atoms with E-state index in [1.165, 1.54) is 0 Å². The summed E-state index contributed by atoms with van der Waals surface area (Å²) >= 11 is 0. The molecule has 4 N–H and O–H groups in total. The number of urea groups is 1. The number of likely N-dealkylation sites (tertiary alicyclic amines) is 1. The van der Waals surface area contributed by atoms with Crippen molar-refractivity contribution < 1.29 is 24.9 Å². The molecule has 0 bridgehead atoms. The fourth-order valence-electron chi connectivity index (χ4n) is 1.95. The Morgan fingerprint density at radius 2 is 1.89 bits per heavy atom. The maximum Gasteiger partial charge on any atom is 0.326 e. The van der Waals surface area contributed by atoms with Gasteiger partial charge in [-0.3, -0.25) is 0 Å². The number of carbonyl (C=O) groups is 2. The van der Waals surface area contributed by atoms with E-state index in [1.54, 1.807) is 4.90 Å². The average molecular weight is 260 g/mol. The van der Waals surface area contributed by atoms with Crippen LogP contribution in [0.2, 0.25) is 0 Å². The average Bonchev–Trinajstić information content (AvgIpc) is 2.38. The van der Waals surface area contributed by atoms with Gasteiger partial charge in [-0.15, -0.1) is 0 Å². The molecule has 0 aliphatic carbocycles. The summed E-state index contributed by atoms with van der Waals surface area (Å²) in [6.07, 6.45) is 1.44. The molecule has 1 atom stereocenters. The fourth-order valence-corrected chi connectivity index (χ4v) is 1.95. The molecule has 7 heteroatoms. The molecule has 0 aromatic carbocycles. The van der Waals surface area contributed by atoms with Gasteiger partial charge in [0, 0.05) is 32.7 Å². The lowest BCUT2D eigenvalue weighted by molar-refractivity contribution is -0.139. The van der Waals surface area contributed by atoms with Crippen molar-refractivity contribution in [1.29, 1.82) is 0 Å². The number of aliphatic hydroxyl groups is 2. The highest BCUT2D eigenvalue weighted by atomic mass is 16.4. The smallest absolute Gasteiger partial charge is 0.326 e. The SMILES string of the molecule is O=C(O)C(CCO)NC(=O)N1CCC(CO)CC1. The predicted molar refractivity (Wildman–Crippen MR) is 63.0 cm³/mol. The van der Waals surface area contributed by atoms with Crippen LogP contribution in [0.15, 0.2) is 0 Å². The molecule has 7 nitrogen and oxygen atoms in total. The lowest BCUT2D eigenvalue weighted by atomic mass is 9.98. The molecular formula is C11H20N2O5. The number of hydrogen-bond donors (Lipinski definition) is 4. The number of rotatable bonds is 5. The van der Waals surface area contributed by atoms with Crippen molar-refractivity contribution in [3.05, 3.63) is 0 Å². The Balaban J connectivity index is 2.42. The number of hydrogen-bond acceptors (Lipinski definition) is 4. The first-order valence-electron chi connectivity index (χ1n) is 6.08. The minimum absolute atomic E-state index is 0.00578. The van der Waals surface area contributed by atoms with Gasteiger partial charge in [0.15, 0.2) is 0 Å². The molecule has 0 aromatic heterocycles. The zero-order valence-corrected chi connectivity index (χ0v) is 10.2. The normalized spacial score (nSPS) is 18.4. The molecule has 1 heterocycles. The minimum atomic E-state index is -1.15. The molecule has 18 heavy (non-hydrogen) atoms. The van der Waals surface area contributed by atoms with Crippen molar-refractivity contribution in [3.63, 3.8) is 0 Å². The van der Waals surface area contributed by atoms with Crippen LogP contribution in [-0.4, -0.2) is 64.6 Å². The molecule has 1 unspecified atom stereocenters. The number of amides is 2. The largest absolute Gasteiger partial charge is 0.480 e. The predicted octanol–water partition coefficient (Wildman–Crippen LogP) is -0.764. The Morgan fingerprint density at radius 1 is 1.28 bits per heavy atom. The van der Waals surface area contributed by atoms with Crippen molar-refractivity contribution in [2.75, 3.05) is 26.3 Å². The number of carboxylic acids is 1. The standard InChI is InChI=1S/C11H20N2O5/c14-6-3-9(10(16)17)12-11(18)13-4-1-8(7-15)2-5-13/h8-9,14-15H,1-7H2,(H,12,18)(H,16,17). The fraction of sp³-hybridized carbons (Fsp3) is 0.818. The molecule has 1 rings (SSSR count). The van der Waals surface area contributed by atoms with Crippen molar-refractivity contribution in [1.82, 2.24) is 10.2 Å². The lowest BCUT2D eigenvalue weighted by Gasteiger charge is -2.31. The maximum atomic E-state index is 11.8. The minimum Gasteiger partial charge on any atom is -0.480 e. The molecule has 1 aliphatic rings. The number of aliphatic carboxylic acids is 1. The van der Waals surface area contributed by atoms with E-state index in [0.29, 0.717) is 13.1 Å². The summed E-state index contributed by atoms with van der Waals surface area (Å²) < 4.78 is 0. The summed E-state index contributed by atoms with van der Waals surface area (Å²) in [5.74, 6) is -0.926. The second-order valence-corrected chi connectivity index (χ2v) is 4.47. The van der Waals surface area contributed by atoms with Crippen LogP contribution in [-0.2, 0) is 4.79 Å². The molecule has 0 spiro atoms. The molecular weight excluding hydrogens is 240 g/mol. The van der Waals surface area contributed by atoms with Gasteiger partial charge < -0.3 is 25.5 Å². The number of piperidine rings is 1. The van der Waals surface area contributed by atoms with Crippen LogP contribution in [0, 0.1) is 5.92 Å². The third kappa shape index (κ3) is 4.15. The molecule has 1 fully saturated rings.